The van der Waals surface area contributed by atoms with Crippen molar-refractivity contribution in [3.8, 4) is 0 Å². The van der Waals surface area contributed by atoms with Gasteiger partial charge in [0, 0.05) is 37.6 Å². The van der Waals surface area contributed by atoms with E-state index in [1.165, 1.54) is 12.8 Å². The molecular formula is C14H22N4O. The van der Waals surface area contributed by atoms with Gasteiger partial charge in [-0.1, -0.05) is 0 Å². The first-order valence-corrected chi connectivity index (χ1v) is 7.16. The van der Waals surface area contributed by atoms with E-state index < -0.39 is 0 Å². The summed E-state index contributed by atoms with van der Waals surface area (Å²) in [6.07, 6.45) is 3.59. The SMILES string of the molecule is CNc1nc(C2CC2)nc(NCC2CCOC2)c1C. The highest BCUT2D eigenvalue weighted by Crippen LogP contribution is 2.39. The average Bonchev–Trinajstić information content (AvgIpc) is 3.14. The van der Waals surface area contributed by atoms with Gasteiger partial charge in [0.15, 0.2) is 0 Å². The molecule has 19 heavy (non-hydrogen) atoms. The van der Waals surface area contributed by atoms with Crippen LogP contribution < -0.4 is 10.6 Å². The van der Waals surface area contributed by atoms with E-state index in [0.717, 1.165) is 49.2 Å². The third-order valence-corrected chi connectivity index (χ3v) is 3.92. The largest absolute Gasteiger partial charge is 0.381 e. The zero-order valence-corrected chi connectivity index (χ0v) is 11.7. The van der Waals surface area contributed by atoms with Crippen molar-refractivity contribution >= 4 is 11.6 Å². The van der Waals surface area contributed by atoms with Crippen molar-refractivity contribution in [2.24, 2.45) is 5.92 Å². The summed E-state index contributed by atoms with van der Waals surface area (Å²) in [6, 6.07) is 0. The molecule has 1 saturated heterocycles. The molecule has 2 aliphatic rings. The molecule has 104 valence electrons. The van der Waals surface area contributed by atoms with Gasteiger partial charge in [0.2, 0.25) is 0 Å². The quantitative estimate of drug-likeness (QED) is 0.851. The lowest BCUT2D eigenvalue weighted by Crippen LogP contribution is -2.17. The Balaban J connectivity index is 1.75. The van der Waals surface area contributed by atoms with Gasteiger partial charge in [0.1, 0.15) is 17.5 Å². The van der Waals surface area contributed by atoms with Gasteiger partial charge in [0.05, 0.1) is 6.61 Å². The van der Waals surface area contributed by atoms with Crippen LogP contribution in [0.2, 0.25) is 0 Å². The summed E-state index contributed by atoms with van der Waals surface area (Å²) in [5, 5.41) is 6.65. The van der Waals surface area contributed by atoms with Crippen LogP contribution in [-0.4, -0.2) is 36.8 Å². The number of ether oxygens (including phenoxy) is 1. The van der Waals surface area contributed by atoms with Gasteiger partial charge < -0.3 is 15.4 Å². The molecule has 1 aromatic heterocycles. The van der Waals surface area contributed by atoms with Gasteiger partial charge in [-0.25, -0.2) is 9.97 Å². The van der Waals surface area contributed by atoms with Crippen molar-refractivity contribution in [2.75, 3.05) is 37.4 Å². The van der Waals surface area contributed by atoms with Crippen molar-refractivity contribution in [1.82, 2.24) is 9.97 Å². The number of nitrogens with one attached hydrogen (secondary N) is 2. The van der Waals surface area contributed by atoms with E-state index in [2.05, 4.69) is 22.5 Å². The molecule has 0 radical (unpaired) electrons. The molecule has 2 fully saturated rings. The van der Waals surface area contributed by atoms with Crippen LogP contribution in [0.5, 0.6) is 0 Å². The molecule has 2 N–H and O–H groups in total. The molecule has 5 nitrogen and oxygen atoms in total. The first-order chi connectivity index (χ1) is 9.28. The monoisotopic (exact) mass is 262 g/mol. The van der Waals surface area contributed by atoms with Crippen molar-refractivity contribution in [2.45, 2.75) is 32.1 Å². The minimum absolute atomic E-state index is 0.572. The van der Waals surface area contributed by atoms with E-state index in [9.17, 15) is 0 Å². The molecule has 5 heteroatoms. The molecule has 1 atom stereocenters. The maximum atomic E-state index is 5.41. The zero-order chi connectivity index (χ0) is 13.2. The second kappa shape index (κ2) is 5.33. The molecule has 0 spiro atoms. The number of hydrogen-bond donors (Lipinski definition) is 2. The molecule has 3 rings (SSSR count). The fourth-order valence-corrected chi connectivity index (χ4v) is 2.46. The van der Waals surface area contributed by atoms with Crippen LogP contribution in [0.1, 0.15) is 36.6 Å². The van der Waals surface area contributed by atoms with E-state index in [-0.39, 0.29) is 0 Å². The molecule has 2 heterocycles. The van der Waals surface area contributed by atoms with Crippen LogP contribution in [0.4, 0.5) is 11.6 Å². The first kappa shape index (κ1) is 12.7. The smallest absolute Gasteiger partial charge is 0.136 e. The van der Waals surface area contributed by atoms with Crippen molar-refractivity contribution in [1.29, 1.82) is 0 Å². The van der Waals surface area contributed by atoms with Crippen molar-refractivity contribution < 1.29 is 4.74 Å². The van der Waals surface area contributed by atoms with Crippen LogP contribution in [0, 0.1) is 12.8 Å². The first-order valence-electron chi connectivity index (χ1n) is 7.16. The van der Waals surface area contributed by atoms with Crippen LogP contribution in [0.15, 0.2) is 0 Å². The summed E-state index contributed by atoms with van der Waals surface area (Å²) in [4.78, 5) is 9.31. The van der Waals surface area contributed by atoms with E-state index in [1.807, 2.05) is 7.05 Å². The predicted molar refractivity (Wildman–Crippen MR) is 75.7 cm³/mol. The van der Waals surface area contributed by atoms with Crippen LogP contribution in [0.3, 0.4) is 0 Å². The van der Waals surface area contributed by atoms with Crippen LogP contribution in [-0.2, 0) is 4.74 Å². The molecule has 0 amide bonds. The number of nitrogens with zero attached hydrogens (tertiary/aromatic N) is 2. The second-order valence-electron chi connectivity index (χ2n) is 5.54. The summed E-state index contributed by atoms with van der Waals surface area (Å²) < 4.78 is 5.41. The Labute approximate surface area is 114 Å². The van der Waals surface area contributed by atoms with Crippen molar-refractivity contribution in [3.05, 3.63) is 11.4 Å². The average molecular weight is 262 g/mol. The Hall–Kier alpha value is -1.36. The molecule has 1 aliphatic carbocycles. The van der Waals surface area contributed by atoms with Gasteiger partial charge in [-0.2, -0.15) is 0 Å². The molecule has 1 aromatic rings. The Bertz CT molecular complexity index is 453. The highest BCUT2D eigenvalue weighted by molar-refractivity contribution is 5.57. The van der Waals surface area contributed by atoms with E-state index in [4.69, 9.17) is 9.72 Å². The van der Waals surface area contributed by atoms with Crippen LogP contribution >= 0.6 is 0 Å². The normalized spacial score (nSPS) is 22.5. The Morgan fingerprint density at radius 2 is 2.00 bits per heavy atom. The minimum atomic E-state index is 0.572. The highest BCUT2D eigenvalue weighted by atomic mass is 16.5. The van der Waals surface area contributed by atoms with E-state index in [1.54, 1.807) is 0 Å². The van der Waals surface area contributed by atoms with Crippen molar-refractivity contribution in [3.63, 3.8) is 0 Å². The number of hydrogen-bond acceptors (Lipinski definition) is 5. The van der Waals surface area contributed by atoms with E-state index >= 15 is 0 Å². The highest BCUT2D eigenvalue weighted by Gasteiger charge is 2.28. The summed E-state index contributed by atoms with van der Waals surface area (Å²) in [6.45, 7) is 4.76. The fourth-order valence-electron chi connectivity index (χ4n) is 2.46. The summed E-state index contributed by atoms with van der Waals surface area (Å²) in [5.74, 6) is 4.09. The third kappa shape index (κ3) is 2.81. The molecule has 0 aromatic carbocycles. The maximum absolute atomic E-state index is 5.41. The molecule has 1 saturated carbocycles. The lowest BCUT2D eigenvalue weighted by atomic mass is 10.1. The maximum Gasteiger partial charge on any atom is 0.136 e. The van der Waals surface area contributed by atoms with Gasteiger partial charge in [-0.15, -0.1) is 0 Å². The van der Waals surface area contributed by atoms with Crippen LogP contribution in [0.25, 0.3) is 0 Å². The molecular weight excluding hydrogens is 240 g/mol. The lowest BCUT2D eigenvalue weighted by Gasteiger charge is -2.15. The minimum Gasteiger partial charge on any atom is -0.381 e. The van der Waals surface area contributed by atoms with Gasteiger partial charge in [0.25, 0.3) is 0 Å². The molecule has 0 bridgehead atoms. The topological polar surface area (TPSA) is 59.1 Å². The number of aromatic nitrogens is 2. The number of anilines is 2. The standard InChI is InChI=1S/C14H22N4O/c1-9-12(15-2)17-14(11-3-4-11)18-13(9)16-7-10-5-6-19-8-10/h10-11H,3-8H2,1-2H3,(H2,15,16,17,18). The third-order valence-electron chi connectivity index (χ3n) is 3.92. The molecule has 1 unspecified atom stereocenters. The number of rotatable bonds is 5. The molecule has 1 aliphatic heterocycles. The Morgan fingerprint density at radius 1 is 1.21 bits per heavy atom. The Kier molecular flexibility index (Phi) is 3.55. The van der Waals surface area contributed by atoms with Gasteiger partial charge in [-0.3, -0.25) is 0 Å². The van der Waals surface area contributed by atoms with Gasteiger partial charge >= 0.3 is 0 Å². The summed E-state index contributed by atoms with van der Waals surface area (Å²) in [7, 11) is 1.92. The predicted octanol–water partition coefficient (Wildman–Crippen LogP) is 2.15. The fraction of sp³-hybridized carbons (Fsp3) is 0.714. The summed E-state index contributed by atoms with van der Waals surface area (Å²) >= 11 is 0. The lowest BCUT2D eigenvalue weighted by molar-refractivity contribution is 0.187. The zero-order valence-electron chi connectivity index (χ0n) is 11.7. The Morgan fingerprint density at radius 3 is 2.63 bits per heavy atom. The second-order valence-corrected chi connectivity index (χ2v) is 5.54. The van der Waals surface area contributed by atoms with Gasteiger partial charge in [-0.05, 0) is 26.2 Å². The van der Waals surface area contributed by atoms with E-state index in [0.29, 0.717) is 11.8 Å². The summed E-state index contributed by atoms with van der Waals surface area (Å²) in [5.41, 5.74) is 1.10.